The van der Waals surface area contributed by atoms with E-state index in [0.717, 1.165) is 11.3 Å². The fourth-order valence-electron chi connectivity index (χ4n) is 2.08. The Balaban J connectivity index is 2.10. The normalized spacial score (nSPS) is 16.5. The standard InChI is InChI=1S/C13H16N2O3/c1-9(8-12(16)17)10-2-4-11(5-3-10)15-7-6-14-13(15)18/h2-5,9H,6-8H2,1H3,(H,14,18)(H,16,17). The molecule has 2 rings (SSSR count). The first kappa shape index (κ1) is 12.4. The Morgan fingerprint density at radius 1 is 1.44 bits per heavy atom. The number of nitrogens with one attached hydrogen (secondary N) is 1. The maximum atomic E-state index is 11.5. The van der Waals surface area contributed by atoms with Crippen molar-refractivity contribution in [2.24, 2.45) is 0 Å². The SMILES string of the molecule is CC(CC(=O)O)c1ccc(N2CCNC2=O)cc1. The Labute approximate surface area is 105 Å². The molecule has 96 valence electrons. The largest absolute Gasteiger partial charge is 0.481 e. The van der Waals surface area contributed by atoms with Crippen LogP contribution in [0.5, 0.6) is 0 Å². The number of hydrogen-bond donors (Lipinski definition) is 2. The van der Waals surface area contributed by atoms with Gasteiger partial charge in [-0.1, -0.05) is 19.1 Å². The number of carbonyl (C=O) groups excluding carboxylic acids is 1. The van der Waals surface area contributed by atoms with Crippen molar-refractivity contribution in [3.8, 4) is 0 Å². The zero-order valence-corrected chi connectivity index (χ0v) is 10.2. The first-order valence-electron chi connectivity index (χ1n) is 5.95. The van der Waals surface area contributed by atoms with E-state index in [0.29, 0.717) is 13.1 Å². The molecule has 0 bridgehead atoms. The van der Waals surface area contributed by atoms with Crippen LogP contribution in [0.2, 0.25) is 0 Å². The molecule has 1 aliphatic rings. The van der Waals surface area contributed by atoms with Crippen LogP contribution in [0, 0.1) is 0 Å². The number of hydrogen-bond acceptors (Lipinski definition) is 2. The molecule has 0 saturated carbocycles. The molecule has 2 N–H and O–H groups in total. The van der Waals surface area contributed by atoms with E-state index in [-0.39, 0.29) is 18.4 Å². The molecule has 1 aromatic rings. The Morgan fingerprint density at radius 2 is 2.11 bits per heavy atom. The summed E-state index contributed by atoms with van der Waals surface area (Å²) in [7, 11) is 0. The van der Waals surface area contributed by atoms with Gasteiger partial charge in [-0.15, -0.1) is 0 Å². The molecule has 0 spiro atoms. The molecule has 1 fully saturated rings. The molecular weight excluding hydrogens is 232 g/mol. The number of carboxylic acids is 1. The van der Waals surface area contributed by atoms with E-state index in [4.69, 9.17) is 5.11 Å². The van der Waals surface area contributed by atoms with Crippen LogP contribution < -0.4 is 10.2 Å². The van der Waals surface area contributed by atoms with Crippen LogP contribution in [0.15, 0.2) is 24.3 Å². The number of benzene rings is 1. The van der Waals surface area contributed by atoms with E-state index >= 15 is 0 Å². The number of rotatable bonds is 4. The number of aliphatic carboxylic acids is 1. The molecule has 1 saturated heterocycles. The number of carboxylic acid groups (broad SMARTS) is 1. The number of urea groups is 1. The van der Waals surface area contributed by atoms with Crippen LogP contribution in [0.1, 0.15) is 24.8 Å². The van der Waals surface area contributed by atoms with Crippen molar-refractivity contribution in [2.75, 3.05) is 18.0 Å². The third-order valence-electron chi connectivity index (χ3n) is 3.11. The third-order valence-corrected chi connectivity index (χ3v) is 3.11. The number of amides is 2. The van der Waals surface area contributed by atoms with Crippen molar-refractivity contribution in [1.82, 2.24) is 5.32 Å². The summed E-state index contributed by atoms with van der Waals surface area (Å²) in [6.45, 7) is 3.21. The minimum absolute atomic E-state index is 0.0241. The van der Waals surface area contributed by atoms with Crippen molar-refractivity contribution in [3.63, 3.8) is 0 Å². The Hall–Kier alpha value is -2.04. The van der Waals surface area contributed by atoms with Gasteiger partial charge >= 0.3 is 12.0 Å². The maximum absolute atomic E-state index is 11.5. The first-order chi connectivity index (χ1) is 8.58. The van der Waals surface area contributed by atoms with Gasteiger partial charge in [0.1, 0.15) is 0 Å². The van der Waals surface area contributed by atoms with Gasteiger partial charge in [-0.05, 0) is 23.6 Å². The van der Waals surface area contributed by atoms with Gasteiger partial charge in [-0.25, -0.2) is 4.79 Å². The van der Waals surface area contributed by atoms with Crippen LogP contribution in [0.25, 0.3) is 0 Å². The molecule has 0 aromatic heterocycles. The summed E-state index contributed by atoms with van der Waals surface area (Å²) in [5.74, 6) is -0.825. The minimum atomic E-state index is -0.800. The predicted octanol–water partition coefficient (Wildman–Crippen LogP) is 1.79. The van der Waals surface area contributed by atoms with Crippen molar-refractivity contribution < 1.29 is 14.7 Å². The Morgan fingerprint density at radius 3 is 2.61 bits per heavy atom. The smallest absolute Gasteiger partial charge is 0.321 e. The van der Waals surface area contributed by atoms with Crippen LogP contribution in [-0.2, 0) is 4.79 Å². The molecule has 2 amide bonds. The van der Waals surface area contributed by atoms with Gasteiger partial charge in [-0.3, -0.25) is 9.69 Å². The molecule has 18 heavy (non-hydrogen) atoms. The zero-order chi connectivity index (χ0) is 13.1. The molecule has 5 nitrogen and oxygen atoms in total. The Kier molecular flexibility index (Phi) is 3.50. The highest BCUT2D eigenvalue weighted by Crippen LogP contribution is 2.23. The lowest BCUT2D eigenvalue weighted by Gasteiger charge is -2.16. The van der Waals surface area contributed by atoms with Crippen LogP contribution in [0.3, 0.4) is 0 Å². The van der Waals surface area contributed by atoms with E-state index < -0.39 is 5.97 Å². The molecule has 5 heteroatoms. The fourth-order valence-corrected chi connectivity index (χ4v) is 2.08. The van der Waals surface area contributed by atoms with Crippen LogP contribution in [0.4, 0.5) is 10.5 Å². The van der Waals surface area contributed by atoms with Crippen LogP contribution >= 0.6 is 0 Å². The second-order valence-electron chi connectivity index (χ2n) is 4.47. The van der Waals surface area contributed by atoms with Gasteiger partial charge in [0.05, 0.1) is 6.42 Å². The Bertz CT molecular complexity index is 456. The highest BCUT2D eigenvalue weighted by molar-refractivity contribution is 5.94. The van der Waals surface area contributed by atoms with E-state index in [2.05, 4.69) is 5.32 Å². The molecule has 1 aromatic carbocycles. The number of nitrogens with zero attached hydrogens (tertiary/aromatic N) is 1. The number of carbonyl (C=O) groups is 2. The summed E-state index contributed by atoms with van der Waals surface area (Å²) in [5.41, 5.74) is 1.82. The minimum Gasteiger partial charge on any atom is -0.481 e. The van der Waals surface area contributed by atoms with Gasteiger partial charge in [-0.2, -0.15) is 0 Å². The van der Waals surface area contributed by atoms with Gasteiger partial charge in [0.15, 0.2) is 0 Å². The highest BCUT2D eigenvalue weighted by Gasteiger charge is 2.21. The van der Waals surface area contributed by atoms with Gasteiger partial charge in [0, 0.05) is 18.8 Å². The summed E-state index contributed by atoms with van der Waals surface area (Å²) < 4.78 is 0. The van der Waals surface area contributed by atoms with E-state index in [1.807, 2.05) is 31.2 Å². The topological polar surface area (TPSA) is 69.6 Å². The van der Waals surface area contributed by atoms with E-state index in [1.165, 1.54) is 0 Å². The number of anilines is 1. The second kappa shape index (κ2) is 5.08. The lowest BCUT2D eigenvalue weighted by Crippen LogP contribution is -2.27. The summed E-state index contributed by atoms with van der Waals surface area (Å²) in [6, 6.07) is 7.40. The molecule has 0 radical (unpaired) electrons. The molecule has 1 aliphatic heterocycles. The lowest BCUT2D eigenvalue weighted by atomic mass is 9.98. The van der Waals surface area contributed by atoms with Gasteiger partial charge < -0.3 is 10.4 Å². The molecule has 0 aliphatic carbocycles. The summed E-state index contributed by atoms with van der Waals surface area (Å²) in [6.07, 6.45) is 0.115. The molecule has 1 atom stereocenters. The molecule has 1 unspecified atom stereocenters. The second-order valence-corrected chi connectivity index (χ2v) is 4.47. The van der Waals surface area contributed by atoms with E-state index in [9.17, 15) is 9.59 Å². The average Bonchev–Trinajstić information content (AvgIpc) is 2.75. The zero-order valence-electron chi connectivity index (χ0n) is 10.2. The van der Waals surface area contributed by atoms with Gasteiger partial charge in [0.25, 0.3) is 0 Å². The van der Waals surface area contributed by atoms with Crippen LogP contribution in [-0.4, -0.2) is 30.2 Å². The predicted molar refractivity (Wildman–Crippen MR) is 67.9 cm³/mol. The quantitative estimate of drug-likeness (QED) is 0.853. The van der Waals surface area contributed by atoms with Crippen molar-refractivity contribution in [1.29, 1.82) is 0 Å². The fraction of sp³-hybridized carbons (Fsp3) is 0.385. The highest BCUT2D eigenvalue weighted by atomic mass is 16.4. The van der Waals surface area contributed by atoms with E-state index in [1.54, 1.807) is 4.90 Å². The summed E-state index contributed by atoms with van der Waals surface area (Å²) in [5, 5.41) is 11.5. The van der Waals surface area contributed by atoms with Crippen molar-refractivity contribution >= 4 is 17.7 Å². The molecule has 1 heterocycles. The lowest BCUT2D eigenvalue weighted by molar-refractivity contribution is -0.137. The molecular formula is C13H16N2O3. The van der Waals surface area contributed by atoms with Crippen molar-refractivity contribution in [2.45, 2.75) is 19.3 Å². The summed E-state index contributed by atoms with van der Waals surface area (Å²) >= 11 is 0. The van der Waals surface area contributed by atoms with Crippen molar-refractivity contribution in [3.05, 3.63) is 29.8 Å². The maximum Gasteiger partial charge on any atom is 0.321 e. The van der Waals surface area contributed by atoms with Gasteiger partial charge in [0.2, 0.25) is 0 Å². The average molecular weight is 248 g/mol. The monoisotopic (exact) mass is 248 g/mol. The summed E-state index contributed by atoms with van der Waals surface area (Å²) in [4.78, 5) is 23.8. The first-order valence-corrected chi connectivity index (χ1v) is 5.95. The third kappa shape index (κ3) is 2.61.